The van der Waals surface area contributed by atoms with Crippen molar-refractivity contribution < 1.29 is 0 Å². The van der Waals surface area contributed by atoms with Crippen LogP contribution in [0.5, 0.6) is 0 Å². The second-order valence-corrected chi connectivity index (χ2v) is 6.44. The molecule has 1 aliphatic heterocycles. The van der Waals surface area contributed by atoms with Gasteiger partial charge in [0.05, 0.1) is 11.4 Å². The lowest BCUT2D eigenvalue weighted by molar-refractivity contribution is 0.199. The molecule has 0 aliphatic carbocycles. The minimum absolute atomic E-state index is 0.423. The highest BCUT2D eigenvalue weighted by Gasteiger charge is 2.28. The average molecular weight is 247 g/mol. The first-order valence-electron chi connectivity index (χ1n) is 6.78. The highest BCUT2D eigenvalue weighted by molar-refractivity contribution is 5.69. The van der Waals surface area contributed by atoms with Gasteiger partial charge in [0.25, 0.3) is 0 Å². The summed E-state index contributed by atoms with van der Waals surface area (Å²) in [5, 5.41) is 0. The zero-order valence-electron chi connectivity index (χ0n) is 11.7. The van der Waals surface area contributed by atoms with Gasteiger partial charge in [0, 0.05) is 18.8 Å². The van der Waals surface area contributed by atoms with E-state index in [-0.39, 0.29) is 0 Å². The molecular weight excluding hydrogens is 222 g/mol. The molecule has 3 nitrogen and oxygen atoms in total. The molecule has 1 saturated heterocycles. The van der Waals surface area contributed by atoms with E-state index in [1.54, 1.807) is 0 Å². The molecule has 0 atom stereocenters. The van der Waals surface area contributed by atoms with E-state index in [4.69, 9.17) is 11.5 Å². The summed E-state index contributed by atoms with van der Waals surface area (Å²) in [6.45, 7) is 9.26. The summed E-state index contributed by atoms with van der Waals surface area (Å²) >= 11 is 0. The number of anilines is 3. The van der Waals surface area contributed by atoms with Crippen LogP contribution in [0.3, 0.4) is 0 Å². The lowest BCUT2D eigenvalue weighted by Crippen LogP contribution is -2.38. The van der Waals surface area contributed by atoms with Gasteiger partial charge in [0.2, 0.25) is 0 Å². The van der Waals surface area contributed by atoms with Gasteiger partial charge in [-0.05, 0) is 42.4 Å². The van der Waals surface area contributed by atoms with Crippen molar-refractivity contribution in [3.05, 3.63) is 18.2 Å². The van der Waals surface area contributed by atoms with Crippen molar-refractivity contribution >= 4 is 17.1 Å². The summed E-state index contributed by atoms with van der Waals surface area (Å²) in [5.41, 5.74) is 14.6. The summed E-state index contributed by atoms with van der Waals surface area (Å²) in [6.07, 6.45) is 2.52. The third-order valence-electron chi connectivity index (χ3n) is 4.16. The van der Waals surface area contributed by atoms with Gasteiger partial charge in [-0.15, -0.1) is 0 Å². The summed E-state index contributed by atoms with van der Waals surface area (Å²) < 4.78 is 0. The van der Waals surface area contributed by atoms with E-state index in [9.17, 15) is 0 Å². The fraction of sp³-hybridized carbons (Fsp3) is 0.600. The van der Waals surface area contributed by atoms with Crippen LogP contribution in [0.1, 0.15) is 33.6 Å². The SMILES string of the molecule is CC(C)(C)C1CCN(c2ccc(N)c(N)c2)CC1. The highest BCUT2D eigenvalue weighted by atomic mass is 15.1. The molecule has 0 radical (unpaired) electrons. The average Bonchev–Trinajstić information content (AvgIpc) is 2.32. The molecule has 0 bridgehead atoms. The fourth-order valence-electron chi connectivity index (χ4n) is 2.76. The Bertz CT molecular complexity index is 412. The van der Waals surface area contributed by atoms with Crippen LogP contribution in [-0.4, -0.2) is 13.1 Å². The van der Waals surface area contributed by atoms with Gasteiger partial charge < -0.3 is 16.4 Å². The van der Waals surface area contributed by atoms with Crippen molar-refractivity contribution in [1.29, 1.82) is 0 Å². The first-order chi connectivity index (χ1) is 8.38. The summed E-state index contributed by atoms with van der Waals surface area (Å²) in [4.78, 5) is 2.41. The first-order valence-corrected chi connectivity index (χ1v) is 6.78. The second-order valence-electron chi connectivity index (χ2n) is 6.44. The molecule has 0 aromatic heterocycles. The monoisotopic (exact) mass is 247 g/mol. The number of hydrogen-bond acceptors (Lipinski definition) is 3. The van der Waals surface area contributed by atoms with Gasteiger partial charge in [-0.2, -0.15) is 0 Å². The van der Waals surface area contributed by atoms with E-state index < -0.39 is 0 Å². The molecule has 1 aromatic carbocycles. The number of nitrogens with zero attached hydrogens (tertiary/aromatic N) is 1. The van der Waals surface area contributed by atoms with Crippen LogP contribution in [-0.2, 0) is 0 Å². The quantitative estimate of drug-likeness (QED) is 0.750. The van der Waals surface area contributed by atoms with Crippen LogP contribution in [0.15, 0.2) is 18.2 Å². The Labute approximate surface area is 110 Å². The Hall–Kier alpha value is -1.38. The van der Waals surface area contributed by atoms with Crippen molar-refractivity contribution in [1.82, 2.24) is 0 Å². The Kier molecular flexibility index (Phi) is 3.42. The Morgan fingerprint density at radius 2 is 1.67 bits per heavy atom. The zero-order chi connectivity index (χ0) is 13.3. The predicted molar refractivity (Wildman–Crippen MR) is 79.7 cm³/mol. The van der Waals surface area contributed by atoms with Gasteiger partial charge in [-0.25, -0.2) is 0 Å². The number of nitrogen functional groups attached to an aromatic ring is 2. The van der Waals surface area contributed by atoms with Gasteiger partial charge >= 0.3 is 0 Å². The third kappa shape index (κ3) is 2.71. The van der Waals surface area contributed by atoms with Crippen LogP contribution in [0.4, 0.5) is 17.1 Å². The molecular formula is C15H25N3. The Morgan fingerprint density at radius 3 is 2.17 bits per heavy atom. The molecule has 1 heterocycles. The van der Waals surface area contributed by atoms with Crippen molar-refractivity contribution in [2.45, 2.75) is 33.6 Å². The topological polar surface area (TPSA) is 55.3 Å². The van der Waals surface area contributed by atoms with E-state index in [0.717, 1.165) is 19.0 Å². The minimum atomic E-state index is 0.423. The molecule has 3 heteroatoms. The second kappa shape index (κ2) is 4.71. The number of hydrogen-bond donors (Lipinski definition) is 2. The van der Waals surface area contributed by atoms with Crippen molar-refractivity contribution in [2.75, 3.05) is 29.5 Å². The van der Waals surface area contributed by atoms with E-state index in [2.05, 4.69) is 31.7 Å². The standard InChI is InChI=1S/C15H25N3/c1-15(2,3)11-6-8-18(9-7-11)12-4-5-13(16)14(17)10-12/h4-5,10-11H,6-9,16-17H2,1-3H3. The summed E-state index contributed by atoms with van der Waals surface area (Å²) in [5.74, 6) is 0.819. The van der Waals surface area contributed by atoms with Crippen molar-refractivity contribution in [2.24, 2.45) is 11.3 Å². The molecule has 100 valence electrons. The van der Waals surface area contributed by atoms with E-state index >= 15 is 0 Å². The first kappa shape index (κ1) is 13.1. The summed E-state index contributed by atoms with van der Waals surface area (Å²) in [6, 6.07) is 5.97. The number of piperidine rings is 1. The van der Waals surface area contributed by atoms with Gasteiger partial charge in [-0.1, -0.05) is 20.8 Å². The van der Waals surface area contributed by atoms with Crippen LogP contribution >= 0.6 is 0 Å². The van der Waals surface area contributed by atoms with Crippen LogP contribution in [0.2, 0.25) is 0 Å². The van der Waals surface area contributed by atoms with Gasteiger partial charge in [-0.3, -0.25) is 0 Å². The smallest absolute Gasteiger partial charge is 0.0568 e. The molecule has 18 heavy (non-hydrogen) atoms. The van der Waals surface area contributed by atoms with E-state index in [1.165, 1.54) is 18.5 Å². The maximum Gasteiger partial charge on any atom is 0.0568 e. The largest absolute Gasteiger partial charge is 0.397 e. The molecule has 0 spiro atoms. The molecule has 0 amide bonds. The molecule has 4 N–H and O–H groups in total. The maximum atomic E-state index is 5.87. The third-order valence-corrected chi connectivity index (χ3v) is 4.16. The molecule has 0 saturated carbocycles. The van der Waals surface area contributed by atoms with Crippen molar-refractivity contribution in [3.8, 4) is 0 Å². The Balaban J connectivity index is 2.03. The molecule has 1 aromatic rings. The van der Waals surface area contributed by atoms with Crippen LogP contribution < -0.4 is 16.4 Å². The van der Waals surface area contributed by atoms with E-state index in [1.807, 2.05) is 12.1 Å². The molecule has 0 unspecified atom stereocenters. The van der Waals surface area contributed by atoms with Gasteiger partial charge in [0.15, 0.2) is 0 Å². The lowest BCUT2D eigenvalue weighted by Gasteiger charge is -2.39. The highest BCUT2D eigenvalue weighted by Crippen LogP contribution is 2.36. The Morgan fingerprint density at radius 1 is 1.06 bits per heavy atom. The molecule has 1 fully saturated rings. The maximum absolute atomic E-state index is 5.87. The van der Waals surface area contributed by atoms with Gasteiger partial charge in [0.1, 0.15) is 0 Å². The van der Waals surface area contributed by atoms with Crippen molar-refractivity contribution in [3.63, 3.8) is 0 Å². The van der Waals surface area contributed by atoms with E-state index in [0.29, 0.717) is 16.8 Å². The predicted octanol–water partition coefficient (Wildman–Crippen LogP) is 3.11. The fourth-order valence-corrected chi connectivity index (χ4v) is 2.76. The minimum Gasteiger partial charge on any atom is -0.397 e. The zero-order valence-corrected chi connectivity index (χ0v) is 11.7. The van der Waals surface area contributed by atoms with Crippen LogP contribution in [0, 0.1) is 11.3 Å². The molecule has 2 rings (SSSR count). The number of rotatable bonds is 1. The lowest BCUT2D eigenvalue weighted by atomic mass is 9.75. The summed E-state index contributed by atoms with van der Waals surface area (Å²) in [7, 11) is 0. The number of benzene rings is 1. The molecule has 1 aliphatic rings. The number of nitrogens with two attached hydrogens (primary N) is 2. The normalized spacial score (nSPS) is 18.1. The van der Waals surface area contributed by atoms with Crippen LogP contribution in [0.25, 0.3) is 0 Å².